The molecule has 7 heteroatoms. The van der Waals surface area contributed by atoms with Crippen molar-refractivity contribution in [1.29, 1.82) is 0 Å². The van der Waals surface area contributed by atoms with Gasteiger partial charge in [0.1, 0.15) is 17.1 Å². The number of para-hydroxylation sites is 2. The molecule has 0 bridgehead atoms. The molecule has 1 amide bonds. The zero-order valence-corrected chi connectivity index (χ0v) is 20.4. The lowest BCUT2D eigenvalue weighted by Gasteiger charge is -2.12. The summed E-state index contributed by atoms with van der Waals surface area (Å²) in [6.07, 6.45) is 3.29. The van der Waals surface area contributed by atoms with Gasteiger partial charge in [0.25, 0.3) is 5.91 Å². The Bertz CT molecular complexity index is 1530. The van der Waals surface area contributed by atoms with E-state index in [2.05, 4.69) is 15.3 Å². The lowest BCUT2D eigenvalue weighted by atomic mass is 9.99. The number of nitrogens with one attached hydrogen (secondary N) is 2. The molecule has 0 saturated heterocycles. The summed E-state index contributed by atoms with van der Waals surface area (Å²) >= 11 is 0. The molecule has 0 saturated carbocycles. The first-order valence-electron chi connectivity index (χ1n) is 11.9. The molecular weight excluding hydrogens is 454 g/mol. The van der Waals surface area contributed by atoms with E-state index in [1.165, 1.54) is 0 Å². The lowest BCUT2D eigenvalue weighted by Crippen LogP contribution is -2.10. The fraction of sp³-hybridized carbons (Fsp3) is 0.172. The maximum Gasteiger partial charge on any atom is 0.250 e. The molecule has 2 aromatic heterocycles. The average molecular weight is 482 g/mol. The Morgan fingerprint density at radius 2 is 1.83 bits per heavy atom. The Morgan fingerprint density at radius 3 is 2.58 bits per heavy atom. The summed E-state index contributed by atoms with van der Waals surface area (Å²) in [5, 5.41) is 3.75. The topological polar surface area (TPSA) is 89.4 Å². The minimum Gasteiger partial charge on any atom is -0.494 e. The number of nitrogens with zero attached hydrogens (tertiary/aromatic N) is 1. The van der Waals surface area contributed by atoms with Crippen LogP contribution in [0.25, 0.3) is 38.7 Å². The molecule has 36 heavy (non-hydrogen) atoms. The molecule has 0 spiro atoms. The zero-order valence-electron chi connectivity index (χ0n) is 20.4. The van der Waals surface area contributed by atoms with Gasteiger partial charge in [-0.2, -0.15) is 0 Å². The van der Waals surface area contributed by atoms with Crippen LogP contribution < -0.4 is 14.8 Å². The first-order valence-corrected chi connectivity index (χ1v) is 11.9. The molecule has 0 aliphatic heterocycles. The van der Waals surface area contributed by atoms with Crippen molar-refractivity contribution in [2.45, 2.75) is 20.8 Å². The van der Waals surface area contributed by atoms with Gasteiger partial charge in [-0.25, -0.2) is 4.98 Å². The average Bonchev–Trinajstić information content (AvgIpc) is 3.47. The largest absolute Gasteiger partial charge is 0.494 e. The number of hydrogen-bond acceptors (Lipinski definition) is 5. The summed E-state index contributed by atoms with van der Waals surface area (Å²) in [6, 6.07) is 19.4. The third-order valence-corrected chi connectivity index (χ3v) is 5.86. The number of ether oxygens (including phenoxy) is 2. The van der Waals surface area contributed by atoms with Crippen LogP contribution >= 0.6 is 0 Å². The zero-order chi connectivity index (χ0) is 25.1. The van der Waals surface area contributed by atoms with Crippen LogP contribution in [0.5, 0.6) is 11.5 Å². The molecule has 3 aromatic carbocycles. The SMILES string of the molecule is CCOc1ccc(-c2coc3cc(OCC)c(/C(C)=C/C(=O)Nc4nc5ccccc5[nH]4)cc23)cc1. The van der Waals surface area contributed by atoms with Crippen LogP contribution in [0.3, 0.4) is 0 Å². The normalized spacial score (nSPS) is 11.7. The van der Waals surface area contributed by atoms with Crippen molar-refractivity contribution in [3.05, 3.63) is 78.6 Å². The minimum absolute atomic E-state index is 0.284. The van der Waals surface area contributed by atoms with Crippen LogP contribution in [0.2, 0.25) is 0 Å². The number of carbonyl (C=O) groups excluding carboxylic acids is 1. The standard InChI is InChI=1S/C29H27N3O4/c1-4-34-20-12-10-19(11-13-20)23-17-36-27-16-26(35-5-2)21(15-22(23)27)18(3)14-28(33)32-29-30-24-8-6-7-9-25(24)31-29/h6-17H,4-5H2,1-3H3,(H2,30,31,32,33)/b18-14+. The van der Waals surface area contributed by atoms with Gasteiger partial charge in [-0.3, -0.25) is 10.1 Å². The quantitative estimate of drug-likeness (QED) is 0.238. The molecule has 0 unspecified atom stereocenters. The van der Waals surface area contributed by atoms with E-state index < -0.39 is 0 Å². The van der Waals surface area contributed by atoms with Gasteiger partial charge in [0.05, 0.1) is 30.5 Å². The summed E-state index contributed by atoms with van der Waals surface area (Å²) < 4.78 is 17.3. The summed E-state index contributed by atoms with van der Waals surface area (Å²) in [5.74, 6) is 1.59. The van der Waals surface area contributed by atoms with Gasteiger partial charge in [-0.1, -0.05) is 24.3 Å². The molecule has 7 nitrogen and oxygen atoms in total. The van der Waals surface area contributed by atoms with Crippen LogP contribution in [0.4, 0.5) is 5.95 Å². The van der Waals surface area contributed by atoms with E-state index in [4.69, 9.17) is 13.9 Å². The Hall–Kier alpha value is -4.52. The number of benzene rings is 3. The number of fused-ring (bicyclic) bond motifs is 2. The van der Waals surface area contributed by atoms with E-state index in [-0.39, 0.29) is 5.91 Å². The lowest BCUT2D eigenvalue weighted by molar-refractivity contribution is -0.111. The van der Waals surface area contributed by atoms with Crippen LogP contribution in [0.1, 0.15) is 26.3 Å². The highest BCUT2D eigenvalue weighted by Crippen LogP contribution is 2.38. The van der Waals surface area contributed by atoms with Crippen molar-refractivity contribution in [3.8, 4) is 22.6 Å². The molecule has 2 heterocycles. The maximum absolute atomic E-state index is 12.8. The van der Waals surface area contributed by atoms with Gasteiger partial charge in [-0.05, 0) is 62.2 Å². The molecule has 0 aliphatic rings. The molecule has 5 aromatic rings. The maximum atomic E-state index is 12.8. The highest BCUT2D eigenvalue weighted by atomic mass is 16.5. The number of rotatable bonds is 8. The molecule has 0 atom stereocenters. The van der Waals surface area contributed by atoms with E-state index in [1.54, 1.807) is 12.3 Å². The number of anilines is 1. The summed E-state index contributed by atoms with van der Waals surface area (Å²) in [5.41, 5.74) is 5.91. The summed E-state index contributed by atoms with van der Waals surface area (Å²) in [6.45, 7) is 6.88. The number of allylic oxidation sites excluding steroid dienone is 1. The third-order valence-electron chi connectivity index (χ3n) is 5.86. The minimum atomic E-state index is -0.284. The molecule has 0 aliphatic carbocycles. The van der Waals surface area contributed by atoms with Crippen LogP contribution in [-0.4, -0.2) is 29.1 Å². The van der Waals surface area contributed by atoms with Crippen LogP contribution in [0.15, 0.2) is 77.4 Å². The molecule has 0 radical (unpaired) electrons. The Balaban J connectivity index is 1.47. The number of aromatic amines is 1. The second-order valence-corrected chi connectivity index (χ2v) is 8.30. The van der Waals surface area contributed by atoms with Crippen molar-refractivity contribution in [2.24, 2.45) is 0 Å². The third kappa shape index (κ3) is 4.68. The first kappa shape index (κ1) is 23.2. The second-order valence-electron chi connectivity index (χ2n) is 8.30. The monoisotopic (exact) mass is 481 g/mol. The number of aromatic nitrogens is 2. The number of H-pyrrole nitrogens is 1. The fourth-order valence-corrected chi connectivity index (χ4v) is 4.20. The van der Waals surface area contributed by atoms with Crippen molar-refractivity contribution in [3.63, 3.8) is 0 Å². The number of carbonyl (C=O) groups is 1. The number of furan rings is 1. The predicted octanol–water partition coefficient (Wildman–Crippen LogP) is 6.82. The number of imidazole rings is 1. The van der Waals surface area contributed by atoms with Crippen molar-refractivity contribution in [1.82, 2.24) is 9.97 Å². The van der Waals surface area contributed by atoms with E-state index >= 15 is 0 Å². The molecule has 5 rings (SSSR count). The highest BCUT2D eigenvalue weighted by Gasteiger charge is 2.16. The van der Waals surface area contributed by atoms with Gasteiger partial charge in [-0.15, -0.1) is 0 Å². The smallest absolute Gasteiger partial charge is 0.250 e. The first-order chi connectivity index (χ1) is 17.6. The highest BCUT2D eigenvalue weighted by molar-refractivity contribution is 6.05. The van der Waals surface area contributed by atoms with Gasteiger partial charge in [0, 0.05) is 28.7 Å². The van der Waals surface area contributed by atoms with E-state index in [1.807, 2.05) is 81.4 Å². The van der Waals surface area contributed by atoms with E-state index in [9.17, 15) is 4.79 Å². The van der Waals surface area contributed by atoms with E-state index in [0.29, 0.717) is 30.5 Å². The van der Waals surface area contributed by atoms with Crippen molar-refractivity contribution < 1.29 is 18.7 Å². The molecular formula is C29H27N3O4. The summed E-state index contributed by atoms with van der Waals surface area (Å²) in [4.78, 5) is 20.3. The fourth-order valence-electron chi connectivity index (χ4n) is 4.20. The van der Waals surface area contributed by atoms with E-state index in [0.717, 1.165) is 44.4 Å². The van der Waals surface area contributed by atoms with Gasteiger partial charge < -0.3 is 18.9 Å². The van der Waals surface area contributed by atoms with Gasteiger partial charge in [0.2, 0.25) is 5.95 Å². The van der Waals surface area contributed by atoms with Gasteiger partial charge >= 0.3 is 0 Å². The Labute approximate surface area is 208 Å². The Morgan fingerprint density at radius 1 is 1.06 bits per heavy atom. The van der Waals surface area contributed by atoms with Gasteiger partial charge in [0.15, 0.2) is 0 Å². The number of hydrogen-bond donors (Lipinski definition) is 2. The summed E-state index contributed by atoms with van der Waals surface area (Å²) in [7, 11) is 0. The number of amides is 1. The Kier molecular flexibility index (Phi) is 6.45. The van der Waals surface area contributed by atoms with Crippen LogP contribution in [0, 0.1) is 0 Å². The molecule has 2 N–H and O–H groups in total. The second kappa shape index (κ2) is 10.00. The molecule has 0 fully saturated rings. The van der Waals surface area contributed by atoms with Crippen molar-refractivity contribution in [2.75, 3.05) is 18.5 Å². The van der Waals surface area contributed by atoms with Crippen LogP contribution in [-0.2, 0) is 4.79 Å². The van der Waals surface area contributed by atoms with Crippen molar-refractivity contribution >= 4 is 39.4 Å². The molecule has 182 valence electrons. The predicted molar refractivity (Wildman–Crippen MR) is 142 cm³/mol.